The first-order valence-corrected chi connectivity index (χ1v) is 13.8. The average Bonchev–Trinajstić information content (AvgIpc) is 2.81. The van der Waals surface area contributed by atoms with E-state index in [1.807, 2.05) is 6.92 Å². The Morgan fingerprint density at radius 3 is 2.03 bits per heavy atom. The van der Waals surface area contributed by atoms with E-state index in [4.69, 9.17) is 9.47 Å². The summed E-state index contributed by atoms with van der Waals surface area (Å²) >= 11 is 0. The molecule has 0 spiro atoms. The lowest BCUT2D eigenvalue weighted by Crippen LogP contribution is -2.53. The van der Waals surface area contributed by atoms with Gasteiger partial charge in [-0.05, 0) is 31.2 Å². The van der Waals surface area contributed by atoms with Crippen molar-refractivity contribution < 1.29 is 31.1 Å². The Hall–Kier alpha value is -2.83. The quantitative estimate of drug-likeness (QED) is 0.525. The van der Waals surface area contributed by atoms with Crippen LogP contribution in [-0.4, -0.2) is 85.1 Å². The molecule has 1 heterocycles. The number of piperazine rings is 1. The van der Waals surface area contributed by atoms with Crippen LogP contribution in [0.2, 0.25) is 0 Å². The Balaban J connectivity index is 1.72. The number of sulfonamides is 2. The fourth-order valence-electron chi connectivity index (χ4n) is 3.64. The number of carbonyl (C=O) groups is 1. The zero-order valence-electron chi connectivity index (χ0n) is 19.6. The lowest BCUT2D eigenvalue weighted by atomic mass is 10.2. The van der Waals surface area contributed by atoms with Crippen molar-refractivity contribution in [2.24, 2.45) is 0 Å². The van der Waals surface area contributed by atoms with Crippen molar-refractivity contribution in [1.29, 1.82) is 0 Å². The highest BCUT2D eigenvalue weighted by molar-refractivity contribution is 7.92. The van der Waals surface area contributed by atoms with E-state index in [9.17, 15) is 21.6 Å². The summed E-state index contributed by atoms with van der Waals surface area (Å²) in [7, 11) is -4.56. The van der Waals surface area contributed by atoms with Gasteiger partial charge in [0.2, 0.25) is 26.0 Å². The molecule has 34 heavy (non-hydrogen) atoms. The lowest BCUT2D eigenvalue weighted by molar-refractivity contribution is -0.130. The largest absolute Gasteiger partial charge is 0.493 e. The summed E-state index contributed by atoms with van der Waals surface area (Å²) < 4.78 is 63.5. The van der Waals surface area contributed by atoms with E-state index in [2.05, 4.69) is 0 Å². The Bertz CT molecular complexity index is 1240. The first kappa shape index (κ1) is 25.8. The van der Waals surface area contributed by atoms with Crippen molar-refractivity contribution >= 4 is 31.6 Å². The maximum Gasteiger partial charge on any atom is 0.243 e. The Kier molecular flexibility index (Phi) is 7.74. The molecule has 2 aromatic carbocycles. The standard InChI is InChI=1S/C22H29N3O7S2/c1-17-5-8-19(9-6-17)34(29,30)24-13-11-23(12-14-24)22(26)16-25(33(4,27)28)18-7-10-20(31-2)21(15-18)32-3/h5-10,15H,11-14,16H2,1-4H3. The minimum atomic E-state index is -3.79. The smallest absolute Gasteiger partial charge is 0.243 e. The van der Waals surface area contributed by atoms with E-state index in [0.717, 1.165) is 16.1 Å². The third-order valence-electron chi connectivity index (χ3n) is 5.58. The summed E-state index contributed by atoms with van der Waals surface area (Å²) in [6, 6.07) is 11.2. The van der Waals surface area contributed by atoms with Crippen molar-refractivity contribution in [3.8, 4) is 11.5 Å². The molecule has 0 bridgehead atoms. The molecule has 1 fully saturated rings. The molecule has 1 saturated heterocycles. The van der Waals surface area contributed by atoms with Gasteiger partial charge in [0.1, 0.15) is 6.54 Å². The number of carbonyl (C=O) groups excluding carboxylic acids is 1. The van der Waals surface area contributed by atoms with Gasteiger partial charge in [-0.2, -0.15) is 4.31 Å². The number of aryl methyl sites for hydroxylation is 1. The second kappa shape index (κ2) is 10.2. The van der Waals surface area contributed by atoms with Crippen LogP contribution in [0.5, 0.6) is 11.5 Å². The van der Waals surface area contributed by atoms with E-state index >= 15 is 0 Å². The van der Waals surface area contributed by atoms with Crippen LogP contribution < -0.4 is 13.8 Å². The summed E-state index contributed by atoms with van der Waals surface area (Å²) in [4.78, 5) is 14.6. The summed E-state index contributed by atoms with van der Waals surface area (Å²) in [5.41, 5.74) is 1.22. The maximum absolute atomic E-state index is 13.0. The molecule has 0 N–H and O–H groups in total. The molecule has 186 valence electrons. The molecule has 0 radical (unpaired) electrons. The van der Waals surface area contributed by atoms with Crippen LogP contribution in [-0.2, 0) is 24.8 Å². The Morgan fingerprint density at radius 1 is 0.912 bits per heavy atom. The number of benzene rings is 2. The molecule has 12 heteroatoms. The zero-order chi connectivity index (χ0) is 25.1. The summed E-state index contributed by atoms with van der Waals surface area (Å²) in [6.45, 7) is 2.02. The lowest BCUT2D eigenvalue weighted by Gasteiger charge is -2.35. The van der Waals surface area contributed by atoms with Crippen LogP contribution in [0, 0.1) is 6.92 Å². The van der Waals surface area contributed by atoms with Crippen molar-refractivity contribution in [3.05, 3.63) is 48.0 Å². The monoisotopic (exact) mass is 511 g/mol. The van der Waals surface area contributed by atoms with Crippen molar-refractivity contribution in [2.75, 3.05) is 57.5 Å². The second-order valence-corrected chi connectivity index (χ2v) is 11.8. The Labute approximate surface area is 200 Å². The fourth-order valence-corrected chi connectivity index (χ4v) is 5.90. The SMILES string of the molecule is COc1ccc(N(CC(=O)N2CCN(S(=O)(=O)c3ccc(C)cc3)CC2)S(C)(=O)=O)cc1OC. The van der Waals surface area contributed by atoms with Crippen LogP contribution in [0.15, 0.2) is 47.4 Å². The number of hydrogen-bond donors (Lipinski definition) is 0. The highest BCUT2D eigenvalue weighted by Gasteiger charge is 2.32. The Morgan fingerprint density at radius 2 is 1.50 bits per heavy atom. The van der Waals surface area contributed by atoms with Gasteiger partial charge in [-0.15, -0.1) is 0 Å². The van der Waals surface area contributed by atoms with Gasteiger partial charge in [0.05, 0.1) is 31.1 Å². The van der Waals surface area contributed by atoms with Gasteiger partial charge in [0, 0.05) is 32.2 Å². The predicted octanol–water partition coefficient (Wildman–Crippen LogP) is 1.31. The van der Waals surface area contributed by atoms with Crippen molar-refractivity contribution in [3.63, 3.8) is 0 Å². The molecule has 0 saturated carbocycles. The van der Waals surface area contributed by atoms with Crippen LogP contribution >= 0.6 is 0 Å². The predicted molar refractivity (Wildman–Crippen MR) is 128 cm³/mol. The number of hydrogen-bond acceptors (Lipinski definition) is 7. The van der Waals surface area contributed by atoms with Crippen molar-refractivity contribution in [2.45, 2.75) is 11.8 Å². The van der Waals surface area contributed by atoms with Crippen LogP contribution in [0.3, 0.4) is 0 Å². The molecular formula is C22H29N3O7S2. The number of ether oxygens (including phenoxy) is 2. The van der Waals surface area contributed by atoms with Gasteiger partial charge >= 0.3 is 0 Å². The van der Waals surface area contributed by atoms with Crippen LogP contribution in [0.4, 0.5) is 5.69 Å². The fraction of sp³-hybridized carbons (Fsp3) is 0.409. The molecule has 2 aromatic rings. The number of amides is 1. The molecule has 0 aliphatic carbocycles. The van der Waals surface area contributed by atoms with E-state index in [-0.39, 0.29) is 36.8 Å². The molecule has 1 aliphatic rings. The summed E-state index contributed by atoms with van der Waals surface area (Å²) in [6.07, 6.45) is 1.02. The van der Waals surface area contributed by atoms with Crippen LogP contribution in [0.1, 0.15) is 5.56 Å². The van der Waals surface area contributed by atoms with Gasteiger partial charge in [-0.25, -0.2) is 16.8 Å². The molecule has 10 nitrogen and oxygen atoms in total. The van der Waals surface area contributed by atoms with Gasteiger partial charge in [0.15, 0.2) is 11.5 Å². The van der Waals surface area contributed by atoms with Gasteiger partial charge in [-0.1, -0.05) is 17.7 Å². The number of methoxy groups -OCH3 is 2. The highest BCUT2D eigenvalue weighted by atomic mass is 32.2. The maximum atomic E-state index is 13.0. The number of nitrogens with zero attached hydrogens (tertiary/aromatic N) is 3. The van der Waals surface area contributed by atoms with Gasteiger partial charge in [0.25, 0.3) is 0 Å². The van der Waals surface area contributed by atoms with Gasteiger partial charge < -0.3 is 14.4 Å². The highest BCUT2D eigenvalue weighted by Crippen LogP contribution is 2.32. The third-order valence-corrected chi connectivity index (χ3v) is 8.64. The molecule has 0 aromatic heterocycles. The first-order chi connectivity index (χ1) is 16.0. The zero-order valence-corrected chi connectivity index (χ0v) is 21.2. The number of anilines is 1. The first-order valence-electron chi connectivity index (χ1n) is 10.5. The minimum absolute atomic E-state index is 0.122. The molecule has 3 rings (SSSR count). The summed E-state index contributed by atoms with van der Waals surface area (Å²) in [5, 5.41) is 0. The topological polar surface area (TPSA) is 114 Å². The molecule has 0 atom stereocenters. The molecule has 1 amide bonds. The number of rotatable bonds is 8. The van der Waals surface area contributed by atoms with E-state index in [1.54, 1.807) is 30.3 Å². The van der Waals surface area contributed by atoms with Gasteiger partial charge in [-0.3, -0.25) is 9.10 Å². The third kappa shape index (κ3) is 5.62. The normalized spacial score (nSPS) is 15.1. The molecular weight excluding hydrogens is 482 g/mol. The molecule has 0 unspecified atom stereocenters. The van der Waals surface area contributed by atoms with E-state index < -0.39 is 32.5 Å². The minimum Gasteiger partial charge on any atom is -0.493 e. The van der Waals surface area contributed by atoms with E-state index in [0.29, 0.717) is 11.5 Å². The average molecular weight is 512 g/mol. The summed E-state index contributed by atoms with van der Waals surface area (Å²) in [5.74, 6) is 0.334. The molecule has 1 aliphatic heterocycles. The van der Waals surface area contributed by atoms with E-state index in [1.165, 1.54) is 35.6 Å². The second-order valence-electron chi connectivity index (χ2n) is 7.91. The van der Waals surface area contributed by atoms with Crippen LogP contribution in [0.25, 0.3) is 0 Å². The van der Waals surface area contributed by atoms with Crippen molar-refractivity contribution in [1.82, 2.24) is 9.21 Å².